The number of likely N-dealkylation sites (N-methyl/N-ethyl adjacent to an activating group) is 1. The molecule has 1 aliphatic heterocycles. The van der Waals surface area contributed by atoms with Gasteiger partial charge in [0.05, 0.1) is 18.2 Å². The summed E-state index contributed by atoms with van der Waals surface area (Å²) in [6, 6.07) is 5.17. The highest BCUT2D eigenvalue weighted by molar-refractivity contribution is 5.27. The van der Waals surface area contributed by atoms with Crippen LogP contribution in [0.3, 0.4) is 0 Å². The quantitative estimate of drug-likeness (QED) is 0.778. The maximum absolute atomic E-state index is 12.8. The fourth-order valence-electron chi connectivity index (χ4n) is 3.06. The second-order valence-electron chi connectivity index (χ2n) is 6.66. The molecule has 3 rings (SSSR count). The molecule has 26 heavy (non-hydrogen) atoms. The molecule has 0 aliphatic carbocycles. The monoisotopic (exact) mass is 369 g/mol. The van der Waals surface area contributed by atoms with Gasteiger partial charge >= 0.3 is 6.18 Å². The number of benzene rings is 1. The van der Waals surface area contributed by atoms with Crippen molar-refractivity contribution in [3.63, 3.8) is 0 Å². The van der Waals surface area contributed by atoms with Crippen LogP contribution in [0.2, 0.25) is 0 Å². The highest BCUT2D eigenvalue weighted by Crippen LogP contribution is 2.29. The lowest BCUT2D eigenvalue weighted by Gasteiger charge is -2.26. The van der Waals surface area contributed by atoms with Crippen molar-refractivity contribution < 1.29 is 22.4 Å². The van der Waals surface area contributed by atoms with Crippen LogP contribution in [0.1, 0.15) is 42.1 Å². The number of aromatic nitrogens is 2. The Hall–Kier alpha value is -1.93. The molecule has 0 amide bonds. The van der Waals surface area contributed by atoms with Gasteiger partial charge in [-0.1, -0.05) is 23.4 Å². The van der Waals surface area contributed by atoms with Crippen LogP contribution in [0.25, 0.3) is 0 Å². The van der Waals surface area contributed by atoms with Crippen molar-refractivity contribution in [3.8, 4) is 0 Å². The Bertz CT molecular complexity index is 712. The maximum atomic E-state index is 12.8. The predicted molar refractivity (Wildman–Crippen MR) is 88.5 cm³/mol. The standard InChI is InChI=1S/C18H22F3N3O2/c1-24(11-15-7-2-3-8-25-15)12-17-22-16(23-26-17)10-13-5-4-6-14(9-13)18(19,20)21/h4-6,9,15H,2-3,7-8,10-12H2,1H3/t15-/m0/s1. The Kier molecular flexibility index (Phi) is 5.93. The summed E-state index contributed by atoms with van der Waals surface area (Å²) in [4.78, 5) is 6.34. The Morgan fingerprint density at radius 3 is 2.85 bits per heavy atom. The van der Waals surface area contributed by atoms with E-state index in [4.69, 9.17) is 9.26 Å². The first-order chi connectivity index (χ1) is 12.4. The number of rotatable bonds is 6. The van der Waals surface area contributed by atoms with E-state index < -0.39 is 11.7 Å². The third kappa shape index (κ3) is 5.28. The van der Waals surface area contributed by atoms with Crippen LogP contribution in [0.5, 0.6) is 0 Å². The van der Waals surface area contributed by atoms with Crippen LogP contribution < -0.4 is 0 Å². The Morgan fingerprint density at radius 2 is 2.12 bits per heavy atom. The molecule has 142 valence electrons. The first-order valence-corrected chi connectivity index (χ1v) is 8.68. The van der Waals surface area contributed by atoms with Crippen molar-refractivity contribution in [2.45, 2.75) is 44.5 Å². The van der Waals surface area contributed by atoms with E-state index in [9.17, 15) is 13.2 Å². The topological polar surface area (TPSA) is 51.4 Å². The molecule has 1 atom stereocenters. The van der Waals surface area contributed by atoms with Gasteiger partial charge in [0.15, 0.2) is 5.82 Å². The number of halogens is 3. The zero-order valence-corrected chi connectivity index (χ0v) is 14.6. The molecule has 8 heteroatoms. The van der Waals surface area contributed by atoms with Crippen LogP contribution in [0.15, 0.2) is 28.8 Å². The number of ether oxygens (including phenoxy) is 1. The molecular formula is C18H22F3N3O2. The number of hydrogen-bond acceptors (Lipinski definition) is 5. The van der Waals surface area contributed by atoms with Crippen LogP contribution in [0.4, 0.5) is 13.2 Å². The van der Waals surface area contributed by atoms with Crippen LogP contribution in [-0.2, 0) is 23.9 Å². The molecule has 5 nitrogen and oxygen atoms in total. The first kappa shape index (κ1) is 18.8. The number of hydrogen-bond donors (Lipinski definition) is 0. The van der Waals surface area contributed by atoms with Gasteiger partial charge in [0.25, 0.3) is 0 Å². The molecule has 1 aromatic heterocycles. The SMILES string of the molecule is CN(Cc1nc(Cc2cccc(C(F)(F)F)c2)no1)C[C@@H]1CCCCO1. The third-order valence-electron chi connectivity index (χ3n) is 4.32. The molecule has 0 saturated carbocycles. The molecule has 1 aliphatic rings. The van der Waals surface area contributed by atoms with Crippen molar-refractivity contribution in [3.05, 3.63) is 47.1 Å². The molecule has 0 N–H and O–H groups in total. The van der Waals surface area contributed by atoms with Gasteiger partial charge in [-0.3, -0.25) is 4.90 Å². The molecule has 2 heterocycles. The van der Waals surface area contributed by atoms with Crippen LogP contribution >= 0.6 is 0 Å². The smallest absolute Gasteiger partial charge is 0.377 e. The lowest BCUT2D eigenvalue weighted by Crippen LogP contribution is -2.33. The average molecular weight is 369 g/mol. The zero-order valence-electron chi connectivity index (χ0n) is 14.6. The lowest BCUT2D eigenvalue weighted by molar-refractivity contribution is -0.137. The lowest BCUT2D eigenvalue weighted by atomic mass is 10.1. The molecule has 0 radical (unpaired) electrons. The molecule has 0 unspecified atom stereocenters. The largest absolute Gasteiger partial charge is 0.416 e. The minimum atomic E-state index is -4.36. The summed E-state index contributed by atoms with van der Waals surface area (Å²) < 4.78 is 49.3. The van der Waals surface area contributed by atoms with E-state index in [2.05, 4.69) is 15.0 Å². The molecule has 0 bridgehead atoms. The van der Waals surface area contributed by atoms with Crippen LogP contribution in [-0.4, -0.2) is 41.3 Å². The number of alkyl halides is 3. The van der Waals surface area contributed by atoms with E-state index in [1.165, 1.54) is 12.5 Å². The summed E-state index contributed by atoms with van der Waals surface area (Å²) in [5, 5.41) is 3.88. The van der Waals surface area contributed by atoms with E-state index in [1.54, 1.807) is 6.07 Å². The fourth-order valence-corrected chi connectivity index (χ4v) is 3.06. The summed E-state index contributed by atoms with van der Waals surface area (Å²) in [5.41, 5.74) is -0.179. The normalized spacial score (nSPS) is 18.4. The maximum Gasteiger partial charge on any atom is 0.416 e. The summed E-state index contributed by atoms with van der Waals surface area (Å²) in [5.74, 6) is 0.826. The van der Waals surface area contributed by atoms with E-state index >= 15 is 0 Å². The average Bonchev–Trinajstić information content (AvgIpc) is 3.02. The van der Waals surface area contributed by atoms with Gasteiger partial charge in [-0.2, -0.15) is 18.2 Å². The molecule has 1 saturated heterocycles. The Labute approximate surface area is 150 Å². The minimum Gasteiger partial charge on any atom is -0.377 e. The summed E-state index contributed by atoms with van der Waals surface area (Å²) >= 11 is 0. The Balaban J connectivity index is 1.56. The van der Waals surface area contributed by atoms with Gasteiger partial charge < -0.3 is 9.26 Å². The van der Waals surface area contributed by atoms with Gasteiger partial charge in [0, 0.05) is 19.6 Å². The van der Waals surface area contributed by atoms with Crippen molar-refractivity contribution >= 4 is 0 Å². The Morgan fingerprint density at radius 1 is 1.27 bits per heavy atom. The predicted octanol–water partition coefficient (Wildman–Crippen LogP) is 3.68. The summed E-state index contributed by atoms with van der Waals surface area (Å²) in [6.07, 6.45) is -0.593. The van der Waals surface area contributed by atoms with Crippen molar-refractivity contribution in [2.75, 3.05) is 20.2 Å². The van der Waals surface area contributed by atoms with Gasteiger partial charge in [0.1, 0.15) is 0 Å². The van der Waals surface area contributed by atoms with Crippen molar-refractivity contribution in [2.24, 2.45) is 0 Å². The first-order valence-electron chi connectivity index (χ1n) is 8.68. The highest BCUT2D eigenvalue weighted by Gasteiger charge is 2.30. The van der Waals surface area contributed by atoms with Crippen molar-refractivity contribution in [1.29, 1.82) is 0 Å². The van der Waals surface area contributed by atoms with E-state index in [1.807, 2.05) is 7.05 Å². The molecule has 0 spiro atoms. The van der Waals surface area contributed by atoms with Crippen molar-refractivity contribution in [1.82, 2.24) is 15.0 Å². The van der Waals surface area contributed by atoms with Gasteiger partial charge in [-0.05, 0) is 37.9 Å². The number of nitrogens with zero attached hydrogens (tertiary/aromatic N) is 3. The molecule has 1 aromatic carbocycles. The van der Waals surface area contributed by atoms with E-state index in [0.29, 0.717) is 23.8 Å². The van der Waals surface area contributed by atoms with Gasteiger partial charge in [0.2, 0.25) is 5.89 Å². The molecular weight excluding hydrogens is 347 g/mol. The summed E-state index contributed by atoms with van der Waals surface area (Å²) in [7, 11) is 1.95. The molecule has 1 fully saturated rings. The summed E-state index contributed by atoms with van der Waals surface area (Å²) in [6.45, 7) is 2.07. The second-order valence-corrected chi connectivity index (χ2v) is 6.66. The second kappa shape index (κ2) is 8.18. The van der Waals surface area contributed by atoms with Crippen LogP contribution in [0, 0.1) is 0 Å². The zero-order chi connectivity index (χ0) is 18.6. The highest BCUT2D eigenvalue weighted by atomic mass is 19.4. The van der Waals surface area contributed by atoms with E-state index in [0.717, 1.165) is 38.1 Å². The third-order valence-corrected chi connectivity index (χ3v) is 4.32. The fraction of sp³-hybridized carbons (Fsp3) is 0.556. The minimum absolute atomic E-state index is 0.197. The van der Waals surface area contributed by atoms with Gasteiger partial charge in [-0.25, -0.2) is 0 Å². The van der Waals surface area contributed by atoms with Gasteiger partial charge in [-0.15, -0.1) is 0 Å². The molecule has 2 aromatic rings. The van der Waals surface area contributed by atoms with E-state index in [-0.39, 0.29) is 12.5 Å².